The predicted molar refractivity (Wildman–Crippen MR) is 92.2 cm³/mol. The van der Waals surface area contributed by atoms with Crippen molar-refractivity contribution in [3.8, 4) is 5.69 Å². The third-order valence-electron chi connectivity index (χ3n) is 3.99. The number of β-amino-alcohol motifs (C(OH)–C–C–N with tert-alkyl or cyclic N) is 1. The van der Waals surface area contributed by atoms with E-state index in [9.17, 15) is 5.11 Å². The van der Waals surface area contributed by atoms with E-state index in [1.165, 1.54) is 11.1 Å². The molecule has 1 aromatic carbocycles. The van der Waals surface area contributed by atoms with Gasteiger partial charge in [0.1, 0.15) is 0 Å². The lowest BCUT2D eigenvalue weighted by Crippen LogP contribution is -2.30. The summed E-state index contributed by atoms with van der Waals surface area (Å²) in [5, 5.41) is 25.1. The molecule has 0 spiro atoms. The van der Waals surface area contributed by atoms with Crippen molar-refractivity contribution in [1.29, 1.82) is 0 Å². The van der Waals surface area contributed by atoms with Crippen LogP contribution < -0.4 is 10.6 Å². The van der Waals surface area contributed by atoms with E-state index in [0.717, 1.165) is 24.5 Å². The Morgan fingerprint density at radius 1 is 1.26 bits per heavy atom. The maximum atomic E-state index is 9.76. The fourth-order valence-electron chi connectivity index (χ4n) is 2.88. The van der Waals surface area contributed by atoms with E-state index in [1.807, 2.05) is 0 Å². The van der Waals surface area contributed by atoms with Crippen molar-refractivity contribution in [2.45, 2.75) is 26.5 Å². The highest BCUT2D eigenvalue weighted by molar-refractivity contribution is 5.85. The molecule has 0 saturated carbocycles. The van der Waals surface area contributed by atoms with Gasteiger partial charge in [0.25, 0.3) is 0 Å². The van der Waals surface area contributed by atoms with E-state index in [1.54, 1.807) is 11.0 Å². The summed E-state index contributed by atoms with van der Waals surface area (Å²) in [5.41, 5.74) is 4.29. The standard InChI is InChI=1S/C16H23N5O.ClH/c1-11-3-12(2)5-15(4-11)21-19-9-14(20-21)8-17-6-13-7-18-10-16(13)22;/h3-5,9,13,16-18,22H,6-8,10H2,1-2H3;1H. The quantitative estimate of drug-likeness (QED) is 0.758. The molecule has 1 fully saturated rings. The summed E-state index contributed by atoms with van der Waals surface area (Å²) in [5.74, 6) is 0.273. The predicted octanol–water partition coefficient (Wildman–Crippen LogP) is 0.976. The van der Waals surface area contributed by atoms with Crippen LogP contribution in [0.25, 0.3) is 5.69 Å². The van der Waals surface area contributed by atoms with Crippen molar-refractivity contribution in [1.82, 2.24) is 25.6 Å². The molecule has 2 heterocycles. The highest BCUT2D eigenvalue weighted by Gasteiger charge is 2.24. The second-order valence-electron chi connectivity index (χ2n) is 6.09. The van der Waals surface area contributed by atoms with Crippen LogP contribution >= 0.6 is 12.4 Å². The molecule has 7 heteroatoms. The van der Waals surface area contributed by atoms with Crippen LogP contribution in [0.1, 0.15) is 16.8 Å². The number of aliphatic hydroxyl groups excluding tert-OH is 1. The summed E-state index contributed by atoms with van der Waals surface area (Å²) < 4.78 is 0. The first kappa shape index (κ1) is 17.9. The molecule has 0 bridgehead atoms. The van der Waals surface area contributed by atoms with Gasteiger partial charge >= 0.3 is 0 Å². The zero-order valence-corrected chi connectivity index (χ0v) is 14.3. The summed E-state index contributed by atoms with van der Waals surface area (Å²) >= 11 is 0. The van der Waals surface area contributed by atoms with Crippen LogP contribution in [-0.2, 0) is 6.54 Å². The van der Waals surface area contributed by atoms with E-state index in [4.69, 9.17) is 0 Å². The number of halogens is 1. The third kappa shape index (κ3) is 4.51. The van der Waals surface area contributed by atoms with Crippen molar-refractivity contribution < 1.29 is 5.11 Å². The molecule has 1 aliphatic rings. The van der Waals surface area contributed by atoms with Crippen LogP contribution in [-0.4, -0.2) is 45.8 Å². The molecule has 3 rings (SSSR count). The monoisotopic (exact) mass is 337 g/mol. The van der Waals surface area contributed by atoms with Gasteiger partial charge < -0.3 is 15.7 Å². The molecule has 2 aromatic rings. The van der Waals surface area contributed by atoms with Gasteiger partial charge in [-0.2, -0.15) is 15.0 Å². The molecular weight excluding hydrogens is 314 g/mol. The van der Waals surface area contributed by atoms with Gasteiger partial charge in [-0.25, -0.2) is 0 Å². The lowest BCUT2D eigenvalue weighted by atomic mass is 10.1. The first-order valence-corrected chi connectivity index (χ1v) is 7.71. The molecule has 3 N–H and O–H groups in total. The smallest absolute Gasteiger partial charge is 0.0969 e. The van der Waals surface area contributed by atoms with Crippen molar-refractivity contribution >= 4 is 12.4 Å². The Kier molecular flexibility index (Phi) is 6.12. The largest absolute Gasteiger partial charge is 0.391 e. The summed E-state index contributed by atoms with van der Waals surface area (Å²) in [6.45, 7) is 7.14. The van der Waals surface area contributed by atoms with E-state index >= 15 is 0 Å². The maximum Gasteiger partial charge on any atom is 0.0969 e. The van der Waals surface area contributed by atoms with Gasteiger partial charge in [-0.15, -0.1) is 12.4 Å². The molecule has 1 saturated heterocycles. The zero-order valence-electron chi connectivity index (χ0n) is 13.5. The minimum absolute atomic E-state index is 0. The van der Waals surface area contributed by atoms with Crippen molar-refractivity contribution in [2.24, 2.45) is 5.92 Å². The van der Waals surface area contributed by atoms with E-state index in [2.05, 4.69) is 52.9 Å². The Balaban J connectivity index is 0.00000192. The zero-order chi connectivity index (χ0) is 15.5. The van der Waals surface area contributed by atoms with Crippen LogP contribution in [0.4, 0.5) is 0 Å². The number of hydrogen-bond donors (Lipinski definition) is 3. The third-order valence-corrected chi connectivity index (χ3v) is 3.99. The average Bonchev–Trinajstić information content (AvgIpc) is 3.08. The minimum Gasteiger partial charge on any atom is -0.391 e. The molecule has 126 valence electrons. The van der Waals surface area contributed by atoms with Crippen LogP contribution in [0.5, 0.6) is 0 Å². The number of benzene rings is 1. The molecule has 1 aromatic heterocycles. The first-order valence-electron chi connectivity index (χ1n) is 7.71. The van der Waals surface area contributed by atoms with Crippen LogP contribution in [0.3, 0.4) is 0 Å². The van der Waals surface area contributed by atoms with Crippen LogP contribution in [0, 0.1) is 19.8 Å². The van der Waals surface area contributed by atoms with Crippen LogP contribution in [0.2, 0.25) is 0 Å². The Labute approximate surface area is 142 Å². The number of rotatable bonds is 5. The summed E-state index contributed by atoms with van der Waals surface area (Å²) in [6.07, 6.45) is 1.53. The fraction of sp³-hybridized carbons (Fsp3) is 0.500. The van der Waals surface area contributed by atoms with Crippen molar-refractivity contribution in [3.05, 3.63) is 41.2 Å². The Morgan fingerprint density at radius 2 is 2.00 bits per heavy atom. The number of nitrogens with one attached hydrogen (secondary N) is 2. The normalized spacial score (nSPS) is 20.5. The highest BCUT2D eigenvalue weighted by atomic mass is 35.5. The Hall–Kier alpha value is -1.47. The second-order valence-corrected chi connectivity index (χ2v) is 6.09. The second kappa shape index (κ2) is 7.88. The van der Waals surface area contributed by atoms with Crippen molar-refractivity contribution in [3.63, 3.8) is 0 Å². The maximum absolute atomic E-state index is 9.76. The molecule has 0 amide bonds. The Bertz CT molecular complexity index is 625. The van der Waals surface area contributed by atoms with E-state index in [0.29, 0.717) is 13.1 Å². The molecule has 2 unspecified atom stereocenters. The van der Waals surface area contributed by atoms with Gasteiger partial charge in [0.05, 0.1) is 23.7 Å². The van der Waals surface area contributed by atoms with Gasteiger partial charge in [-0.1, -0.05) is 6.07 Å². The molecule has 23 heavy (non-hydrogen) atoms. The molecule has 1 aliphatic heterocycles. The molecule has 2 atom stereocenters. The molecule has 0 radical (unpaired) electrons. The SMILES string of the molecule is Cc1cc(C)cc(-n2ncc(CNCC3CNCC3O)n2)c1.Cl. The number of aryl methyl sites for hydroxylation is 2. The summed E-state index contributed by atoms with van der Waals surface area (Å²) in [4.78, 5) is 1.67. The fourth-order valence-corrected chi connectivity index (χ4v) is 2.88. The minimum atomic E-state index is -0.251. The Morgan fingerprint density at radius 3 is 2.65 bits per heavy atom. The summed E-state index contributed by atoms with van der Waals surface area (Å²) in [6, 6.07) is 6.28. The van der Waals surface area contributed by atoms with Crippen molar-refractivity contribution in [2.75, 3.05) is 19.6 Å². The molecule has 6 nitrogen and oxygen atoms in total. The van der Waals surface area contributed by atoms with Gasteiger partial charge in [0, 0.05) is 32.1 Å². The van der Waals surface area contributed by atoms with Gasteiger partial charge in [-0.3, -0.25) is 0 Å². The first-order chi connectivity index (χ1) is 10.6. The number of hydrogen-bond acceptors (Lipinski definition) is 5. The lowest BCUT2D eigenvalue weighted by Gasteiger charge is -2.13. The molecule has 0 aliphatic carbocycles. The number of aromatic nitrogens is 3. The van der Waals surface area contributed by atoms with Gasteiger partial charge in [-0.05, 0) is 37.1 Å². The number of nitrogens with zero attached hydrogens (tertiary/aromatic N) is 3. The highest BCUT2D eigenvalue weighted by Crippen LogP contribution is 2.12. The molecular formula is C16H24ClN5O. The average molecular weight is 338 g/mol. The topological polar surface area (TPSA) is 75.0 Å². The lowest BCUT2D eigenvalue weighted by molar-refractivity contribution is 0.146. The van der Waals surface area contributed by atoms with Gasteiger partial charge in [0.15, 0.2) is 0 Å². The number of aliphatic hydroxyl groups is 1. The van der Waals surface area contributed by atoms with Crippen LogP contribution in [0.15, 0.2) is 24.4 Å². The van der Waals surface area contributed by atoms with E-state index < -0.39 is 0 Å². The van der Waals surface area contributed by atoms with Gasteiger partial charge in [0.2, 0.25) is 0 Å². The summed E-state index contributed by atoms with van der Waals surface area (Å²) in [7, 11) is 0. The van der Waals surface area contributed by atoms with E-state index in [-0.39, 0.29) is 24.4 Å².